The van der Waals surface area contributed by atoms with E-state index < -0.39 is 0 Å². The Morgan fingerprint density at radius 3 is 1.15 bits per heavy atom. The molecule has 0 aromatic carbocycles. The van der Waals surface area contributed by atoms with Gasteiger partial charge in [-0.15, -0.1) is 0 Å². The van der Waals surface area contributed by atoms with Crippen LogP contribution in [-0.4, -0.2) is 38.2 Å². The van der Waals surface area contributed by atoms with E-state index in [1.807, 2.05) is 0 Å². The number of hydrogen-bond acceptors (Lipinski definition) is 2. The van der Waals surface area contributed by atoms with Crippen LogP contribution in [0.5, 0.6) is 0 Å². The molecule has 0 atom stereocenters. The Kier molecular flexibility index (Phi) is 18.7. The number of hydrogen-bond donors (Lipinski definition) is 4. The minimum Gasteiger partial charge on any atom is -0.338 e. The molecule has 0 spiro atoms. The molecule has 0 aliphatic rings. The van der Waals surface area contributed by atoms with Crippen molar-refractivity contribution in [2.75, 3.05) is 26.2 Å². The van der Waals surface area contributed by atoms with Crippen LogP contribution in [0.4, 0.5) is 9.59 Å². The minimum absolute atomic E-state index is 0.0519. The summed E-state index contributed by atoms with van der Waals surface area (Å²) in [5.41, 5.74) is 0. The molecule has 0 fully saturated rings. The molecule has 0 rings (SSSR count). The Labute approximate surface area is 160 Å². The molecule has 0 aliphatic heterocycles. The minimum atomic E-state index is -0.0675. The van der Waals surface area contributed by atoms with E-state index in [4.69, 9.17) is 0 Å². The number of rotatable bonds is 17. The topological polar surface area (TPSA) is 82.3 Å². The van der Waals surface area contributed by atoms with Crippen molar-refractivity contribution in [1.82, 2.24) is 21.3 Å². The predicted molar refractivity (Wildman–Crippen MR) is 110 cm³/mol. The van der Waals surface area contributed by atoms with Crippen molar-refractivity contribution >= 4 is 12.1 Å². The zero-order valence-corrected chi connectivity index (χ0v) is 17.1. The van der Waals surface area contributed by atoms with Crippen LogP contribution in [0.2, 0.25) is 0 Å². The molecule has 0 aromatic rings. The van der Waals surface area contributed by atoms with Gasteiger partial charge in [-0.3, -0.25) is 0 Å². The summed E-state index contributed by atoms with van der Waals surface area (Å²) in [5.74, 6) is 0. The fourth-order valence-corrected chi connectivity index (χ4v) is 2.62. The van der Waals surface area contributed by atoms with Gasteiger partial charge >= 0.3 is 12.1 Å². The van der Waals surface area contributed by atoms with E-state index >= 15 is 0 Å². The van der Waals surface area contributed by atoms with Crippen molar-refractivity contribution in [2.45, 2.75) is 90.9 Å². The second kappa shape index (κ2) is 19.9. The summed E-state index contributed by atoms with van der Waals surface area (Å²) in [6.07, 6.45) is 13.6. The van der Waals surface area contributed by atoms with Crippen LogP contribution < -0.4 is 21.3 Å². The highest BCUT2D eigenvalue weighted by atomic mass is 16.2. The van der Waals surface area contributed by atoms with Gasteiger partial charge in [-0.2, -0.15) is 0 Å². The molecule has 4 amide bonds. The SMILES string of the molecule is CCCCCCCCNC(=O)NCCCCCCNC(=O)NCCCC. The van der Waals surface area contributed by atoms with Gasteiger partial charge in [0.05, 0.1) is 0 Å². The standard InChI is InChI=1S/C20H42N4O2/c1-3-5-7-8-9-12-16-23-20(26)24-18-14-11-10-13-17-22-19(25)21-15-6-4-2/h3-18H2,1-2H3,(H2,21,22,25)(H2,23,24,26). The average Bonchev–Trinajstić information content (AvgIpc) is 2.63. The quantitative estimate of drug-likeness (QED) is 0.288. The zero-order chi connectivity index (χ0) is 19.3. The average molecular weight is 371 g/mol. The van der Waals surface area contributed by atoms with Crippen LogP contribution in [0, 0.1) is 0 Å². The lowest BCUT2D eigenvalue weighted by Gasteiger charge is -2.08. The smallest absolute Gasteiger partial charge is 0.314 e. The van der Waals surface area contributed by atoms with E-state index in [1.54, 1.807) is 0 Å². The molecule has 0 saturated heterocycles. The third-order valence-electron chi connectivity index (χ3n) is 4.31. The third kappa shape index (κ3) is 18.9. The van der Waals surface area contributed by atoms with E-state index in [0.29, 0.717) is 13.1 Å². The normalized spacial score (nSPS) is 10.4. The van der Waals surface area contributed by atoms with Crippen molar-refractivity contribution in [3.8, 4) is 0 Å². The zero-order valence-electron chi connectivity index (χ0n) is 17.1. The highest BCUT2D eigenvalue weighted by Gasteiger charge is 2.00. The highest BCUT2D eigenvalue weighted by Crippen LogP contribution is 2.04. The molecule has 0 saturated carbocycles. The molecule has 0 unspecified atom stereocenters. The van der Waals surface area contributed by atoms with Gasteiger partial charge in [-0.05, 0) is 25.7 Å². The summed E-state index contributed by atoms with van der Waals surface area (Å²) < 4.78 is 0. The lowest BCUT2D eigenvalue weighted by molar-refractivity contribution is 0.239. The number of urea groups is 2. The van der Waals surface area contributed by atoms with E-state index in [1.165, 1.54) is 32.1 Å². The first kappa shape index (κ1) is 24.5. The van der Waals surface area contributed by atoms with Crippen molar-refractivity contribution in [2.24, 2.45) is 0 Å². The van der Waals surface area contributed by atoms with Crippen LogP contribution >= 0.6 is 0 Å². The largest absolute Gasteiger partial charge is 0.338 e. The molecule has 6 nitrogen and oxygen atoms in total. The summed E-state index contributed by atoms with van der Waals surface area (Å²) in [6.45, 7) is 7.26. The highest BCUT2D eigenvalue weighted by molar-refractivity contribution is 5.74. The molecule has 0 aromatic heterocycles. The van der Waals surface area contributed by atoms with Crippen LogP contribution in [0.1, 0.15) is 90.9 Å². The van der Waals surface area contributed by atoms with Crippen LogP contribution in [0.15, 0.2) is 0 Å². The number of amides is 4. The first-order valence-corrected chi connectivity index (χ1v) is 10.7. The first-order chi connectivity index (χ1) is 12.7. The maximum absolute atomic E-state index is 11.6. The summed E-state index contributed by atoms with van der Waals surface area (Å²) in [5, 5.41) is 11.5. The fraction of sp³-hybridized carbons (Fsp3) is 0.900. The lowest BCUT2D eigenvalue weighted by Crippen LogP contribution is -2.36. The molecule has 0 heterocycles. The molecule has 0 aliphatic carbocycles. The van der Waals surface area contributed by atoms with Crippen LogP contribution in [-0.2, 0) is 0 Å². The van der Waals surface area contributed by atoms with Crippen molar-refractivity contribution in [1.29, 1.82) is 0 Å². The molecule has 6 heteroatoms. The maximum atomic E-state index is 11.6. The van der Waals surface area contributed by atoms with Crippen molar-refractivity contribution < 1.29 is 9.59 Å². The van der Waals surface area contributed by atoms with Gasteiger partial charge in [0, 0.05) is 26.2 Å². The Hall–Kier alpha value is -1.46. The van der Waals surface area contributed by atoms with Gasteiger partial charge in [0.1, 0.15) is 0 Å². The van der Waals surface area contributed by atoms with Gasteiger partial charge in [-0.25, -0.2) is 9.59 Å². The second-order valence-corrected chi connectivity index (χ2v) is 6.90. The van der Waals surface area contributed by atoms with E-state index in [9.17, 15) is 9.59 Å². The van der Waals surface area contributed by atoms with Gasteiger partial charge in [0.25, 0.3) is 0 Å². The Balaban J connectivity index is 3.24. The molecule has 26 heavy (non-hydrogen) atoms. The Morgan fingerprint density at radius 1 is 0.462 bits per heavy atom. The first-order valence-electron chi connectivity index (χ1n) is 10.7. The molecular weight excluding hydrogens is 328 g/mol. The summed E-state index contributed by atoms with van der Waals surface area (Å²) in [4.78, 5) is 23.0. The lowest BCUT2D eigenvalue weighted by atomic mass is 10.1. The van der Waals surface area contributed by atoms with Gasteiger partial charge in [-0.1, -0.05) is 65.2 Å². The number of nitrogens with one attached hydrogen (secondary N) is 4. The fourth-order valence-electron chi connectivity index (χ4n) is 2.62. The van der Waals surface area contributed by atoms with E-state index in [2.05, 4.69) is 35.1 Å². The summed E-state index contributed by atoms with van der Waals surface area (Å²) in [7, 11) is 0. The van der Waals surface area contributed by atoms with Crippen LogP contribution in [0.25, 0.3) is 0 Å². The summed E-state index contributed by atoms with van der Waals surface area (Å²) >= 11 is 0. The second-order valence-electron chi connectivity index (χ2n) is 6.90. The molecule has 0 bridgehead atoms. The number of unbranched alkanes of at least 4 members (excludes halogenated alkanes) is 9. The Bertz CT molecular complexity index is 338. The summed E-state index contributed by atoms with van der Waals surface area (Å²) in [6, 6.07) is -0.119. The molecule has 154 valence electrons. The maximum Gasteiger partial charge on any atom is 0.314 e. The Morgan fingerprint density at radius 2 is 0.769 bits per heavy atom. The van der Waals surface area contributed by atoms with E-state index in [0.717, 1.165) is 58.0 Å². The molecule has 4 N–H and O–H groups in total. The third-order valence-corrected chi connectivity index (χ3v) is 4.31. The van der Waals surface area contributed by atoms with Gasteiger partial charge in [0.2, 0.25) is 0 Å². The number of carbonyl (C=O) groups excluding carboxylic acids is 2. The van der Waals surface area contributed by atoms with Gasteiger partial charge in [0.15, 0.2) is 0 Å². The van der Waals surface area contributed by atoms with Crippen LogP contribution in [0.3, 0.4) is 0 Å². The van der Waals surface area contributed by atoms with Crippen molar-refractivity contribution in [3.63, 3.8) is 0 Å². The van der Waals surface area contributed by atoms with E-state index in [-0.39, 0.29) is 12.1 Å². The molecule has 0 radical (unpaired) electrons. The number of carbonyl (C=O) groups is 2. The molecular formula is C20H42N4O2. The predicted octanol–water partition coefficient (Wildman–Crippen LogP) is 4.31. The van der Waals surface area contributed by atoms with Crippen molar-refractivity contribution in [3.05, 3.63) is 0 Å². The monoisotopic (exact) mass is 370 g/mol. The van der Waals surface area contributed by atoms with Gasteiger partial charge < -0.3 is 21.3 Å².